The van der Waals surface area contributed by atoms with E-state index in [1.165, 1.54) is 0 Å². The molecule has 2 heterocycles. The Balaban J connectivity index is 1.59. The molecule has 0 radical (unpaired) electrons. The smallest absolute Gasteiger partial charge is 0.180 e. The van der Waals surface area contributed by atoms with E-state index in [0.717, 1.165) is 34.5 Å². The minimum absolute atomic E-state index is 0.0628. The fraction of sp³-hybridized carbons (Fsp3) is 0.348. The van der Waals surface area contributed by atoms with E-state index in [1.54, 1.807) is 6.33 Å². The lowest BCUT2D eigenvalue weighted by Crippen LogP contribution is -2.25. The normalized spacial score (nSPS) is 12.8. The van der Waals surface area contributed by atoms with Crippen molar-refractivity contribution in [3.8, 4) is 22.5 Å². The fourth-order valence-corrected chi connectivity index (χ4v) is 3.96. The van der Waals surface area contributed by atoms with Gasteiger partial charge in [0.25, 0.3) is 0 Å². The molecule has 160 valence electrons. The SMILES string of the molecule is CC(C)(C)C(CCN)c1ncnn1Cc1ccc(-c2ccccc2-c2nnn[nH]2)cc1. The predicted molar refractivity (Wildman–Crippen MR) is 120 cm³/mol. The lowest BCUT2D eigenvalue weighted by atomic mass is 9.78. The second-order valence-corrected chi connectivity index (χ2v) is 8.76. The first-order valence-electron chi connectivity index (χ1n) is 10.5. The van der Waals surface area contributed by atoms with Crippen LogP contribution in [0.4, 0.5) is 0 Å². The van der Waals surface area contributed by atoms with E-state index in [-0.39, 0.29) is 11.3 Å². The molecule has 2 aromatic carbocycles. The lowest BCUT2D eigenvalue weighted by Gasteiger charge is -2.30. The van der Waals surface area contributed by atoms with Gasteiger partial charge in [0, 0.05) is 11.5 Å². The van der Waals surface area contributed by atoms with E-state index in [4.69, 9.17) is 5.73 Å². The molecule has 4 aromatic rings. The molecule has 2 aromatic heterocycles. The van der Waals surface area contributed by atoms with Crippen molar-refractivity contribution in [1.29, 1.82) is 0 Å². The molecule has 8 heteroatoms. The average molecular weight is 417 g/mol. The van der Waals surface area contributed by atoms with Crippen LogP contribution in [0.3, 0.4) is 0 Å². The first-order valence-corrected chi connectivity index (χ1v) is 10.5. The number of hydrogen-bond donors (Lipinski definition) is 2. The van der Waals surface area contributed by atoms with Crippen molar-refractivity contribution in [3.63, 3.8) is 0 Å². The summed E-state index contributed by atoms with van der Waals surface area (Å²) in [5, 5.41) is 18.8. The maximum atomic E-state index is 5.88. The summed E-state index contributed by atoms with van der Waals surface area (Å²) in [4.78, 5) is 4.58. The van der Waals surface area contributed by atoms with Crippen LogP contribution in [0, 0.1) is 5.41 Å². The third kappa shape index (κ3) is 4.54. The molecule has 0 bridgehead atoms. The second kappa shape index (κ2) is 8.77. The van der Waals surface area contributed by atoms with E-state index in [1.807, 2.05) is 22.9 Å². The summed E-state index contributed by atoms with van der Waals surface area (Å²) < 4.78 is 1.99. The number of aromatic nitrogens is 7. The number of nitrogens with zero attached hydrogens (tertiary/aromatic N) is 6. The van der Waals surface area contributed by atoms with Gasteiger partial charge in [-0.2, -0.15) is 5.10 Å². The largest absolute Gasteiger partial charge is 0.330 e. The Labute approximate surface area is 181 Å². The first kappa shape index (κ1) is 20.9. The van der Waals surface area contributed by atoms with Gasteiger partial charge >= 0.3 is 0 Å². The molecule has 0 fully saturated rings. The lowest BCUT2D eigenvalue weighted by molar-refractivity contribution is 0.288. The first-order chi connectivity index (χ1) is 15.0. The summed E-state index contributed by atoms with van der Waals surface area (Å²) in [7, 11) is 0. The molecule has 0 aliphatic carbocycles. The van der Waals surface area contributed by atoms with Crippen molar-refractivity contribution < 1.29 is 0 Å². The molecule has 0 saturated carbocycles. The van der Waals surface area contributed by atoms with Gasteiger partial charge in [-0.3, -0.25) is 0 Å². The summed E-state index contributed by atoms with van der Waals surface area (Å²) >= 11 is 0. The van der Waals surface area contributed by atoms with E-state index in [9.17, 15) is 0 Å². The fourth-order valence-electron chi connectivity index (χ4n) is 3.96. The van der Waals surface area contributed by atoms with Gasteiger partial charge in [-0.15, -0.1) is 5.10 Å². The van der Waals surface area contributed by atoms with Gasteiger partial charge in [0.1, 0.15) is 12.2 Å². The molecule has 3 N–H and O–H groups in total. The van der Waals surface area contributed by atoms with Crippen molar-refractivity contribution >= 4 is 0 Å². The van der Waals surface area contributed by atoms with Gasteiger partial charge in [-0.05, 0) is 45.5 Å². The van der Waals surface area contributed by atoms with Gasteiger partial charge in [-0.25, -0.2) is 14.8 Å². The number of tetrazole rings is 1. The maximum Gasteiger partial charge on any atom is 0.180 e. The highest BCUT2D eigenvalue weighted by atomic mass is 15.5. The summed E-state index contributed by atoms with van der Waals surface area (Å²) in [5.74, 6) is 1.90. The number of benzene rings is 2. The minimum Gasteiger partial charge on any atom is -0.330 e. The topological polar surface area (TPSA) is 111 Å². The van der Waals surface area contributed by atoms with E-state index < -0.39 is 0 Å². The molecule has 0 aliphatic rings. The number of nitrogens with two attached hydrogens (primary N) is 1. The summed E-state index contributed by atoms with van der Waals surface area (Å²) in [6, 6.07) is 16.6. The zero-order valence-corrected chi connectivity index (χ0v) is 18.2. The highest BCUT2D eigenvalue weighted by Gasteiger charge is 2.29. The summed E-state index contributed by atoms with van der Waals surface area (Å²) in [5.41, 5.74) is 10.2. The zero-order chi connectivity index (χ0) is 21.8. The Morgan fingerprint density at radius 3 is 2.42 bits per heavy atom. The maximum absolute atomic E-state index is 5.88. The highest BCUT2D eigenvalue weighted by Crippen LogP contribution is 2.36. The van der Waals surface area contributed by atoms with E-state index in [2.05, 4.69) is 81.8 Å². The monoisotopic (exact) mass is 416 g/mol. The summed E-state index contributed by atoms with van der Waals surface area (Å²) in [6.07, 6.45) is 2.52. The van der Waals surface area contributed by atoms with Crippen molar-refractivity contribution in [2.75, 3.05) is 6.54 Å². The van der Waals surface area contributed by atoms with Crippen LogP contribution in [0.2, 0.25) is 0 Å². The third-order valence-electron chi connectivity index (χ3n) is 5.58. The Kier molecular flexibility index (Phi) is 5.90. The Morgan fingerprint density at radius 1 is 1.03 bits per heavy atom. The Morgan fingerprint density at radius 2 is 1.77 bits per heavy atom. The molecule has 1 unspecified atom stereocenters. The number of aromatic amines is 1. The number of rotatable bonds is 7. The van der Waals surface area contributed by atoms with Crippen LogP contribution in [-0.4, -0.2) is 41.9 Å². The molecule has 8 nitrogen and oxygen atoms in total. The standard InChI is InChI=1S/C23H28N8/c1-23(2,3)20(12-13-24)22-25-15-26-31(22)14-16-8-10-17(11-9-16)18-6-4-5-7-19(18)21-27-29-30-28-21/h4-11,15,20H,12-14,24H2,1-3H3,(H,27,28,29,30). The van der Waals surface area contributed by atoms with Crippen LogP contribution >= 0.6 is 0 Å². The Hall–Kier alpha value is -3.39. The molecule has 31 heavy (non-hydrogen) atoms. The van der Waals surface area contributed by atoms with Crippen LogP contribution in [-0.2, 0) is 6.54 Å². The van der Waals surface area contributed by atoms with Crippen molar-refractivity contribution in [1.82, 2.24) is 35.4 Å². The van der Waals surface area contributed by atoms with Crippen molar-refractivity contribution in [2.24, 2.45) is 11.1 Å². The van der Waals surface area contributed by atoms with Gasteiger partial charge in [0.2, 0.25) is 0 Å². The van der Waals surface area contributed by atoms with Crippen LogP contribution < -0.4 is 5.73 Å². The van der Waals surface area contributed by atoms with Crippen LogP contribution in [0.25, 0.3) is 22.5 Å². The molecular formula is C23H28N8. The molecule has 0 spiro atoms. The molecule has 0 saturated heterocycles. The second-order valence-electron chi connectivity index (χ2n) is 8.76. The minimum atomic E-state index is 0.0628. The van der Waals surface area contributed by atoms with Crippen LogP contribution in [0.15, 0.2) is 54.9 Å². The van der Waals surface area contributed by atoms with Gasteiger partial charge in [-0.1, -0.05) is 69.3 Å². The van der Waals surface area contributed by atoms with E-state index >= 15 is 0 Å². The van der Waals surface area contributed by atoms with E-state index in [0.29, 0.717) is 18.9 Å². The number of H-pyrrole nitrogens is 1. The van der Waals surface area contributed by atoms with Crippen molar-refractivity contribution in [2.45, 2.75) is 39.7 Å². The average Bonchev–Trinajstić information content (AvgIpc) is 3.44. The quantitative estimate of drug-likeness (QED) is 0.476. The van der Waals surface area contributed by atoms with Crippen molar-refractivity contribution in [3.05, 3.63) is 66.2 Å². The summed E-state index contributed by atoms with van der Waals surface area (Å²) in [6.45, 7) is 7.97. The highest BCUT2D eigenvalue weighted by molar-refractivity contribution is 5.80. The Bertz CT molecular complexity index is 1110. The number of nitrogens with one attached hydrogen (secondary N) is 1. The van der Waals surface area contributed by atoms with Gasteiger partial charge < -0.3 is 5.73 Å². The predicted octanol–water partition coefficient (Wildman–Crippen LogP) is 3.65. The van der Waals surface area contributed by atoms with Crippen LogP contribution in [0.5, 0.6) is 0 Å². The molecule has 0 amide bonds. The molecular weight excluding hydrogens is 388 g/mol. The van der Waals surface area contributed by atoms with Gasteiger partial charge in [0.05, 0.1) is 6.54 Å². The molecule has 4 rings (SSSR count). The molecule has 0 aliphatic heterocycles. The van der Waals surface area contributed by atoms with Gasteiger partial charge in [0.15, 0.2) is 5.82 Å². The number of hydrogen-bond acceptors (Lipinski definition) is 6. The third-order valence-corrected chi connectivity index (χ3v) is 5.58. The molecule has 1 atom stereocenters. The van der Waals surface area contributed by atoms with Crippen LogP contribution in [0.1, 0.15) is 44.5 Å². The zero-order valence-electron chi connectivity index (χ0n) is 18.2.